The van der Waals surface area contributed by atoms with Crippen molar-refractivity contribution < 1.29 is 35.8 Å². The molecule has 0 aliphatic carbocycles. The van der Waals surface area contributed by atoms with Crippen LogP contribution in [0.15, 0.2) is 0 Å². The van der Waals surface area contributed by atoms with Crippen molar-refractivity contribution in [1.82, 2.24) is 0 Å². The van der Waals surface area contributed by atoms with Crippen molar-refractivity contribution in [3.8, 4) is 0 Å². The first-order chi connectivity index (χ1) is 9.10. The summed E-state index contributed by atoms with van der Waals surface area (Å²) in [5, 5.41) is 0. The van der Waals surface area contributed by atoms with Gasteiger partial charge in [-0.1, -0.05) is 0 Å². The Morgan fingerprint density at radius 2 is 2.00 bits per heavy atom. The fourth-order valence-corrected chi connectivity index (χ4v) is 3.39. The number of carbonyl (C=O) groups is 1. The summed E-state index contributed by atoms with van der Waals surface area (Å²) < 4.78 is 48.5. The van der Waals surface area contributed by atoms with E-state index in [1.54, 1.807) is 20.8 Å². The average molecular weight is 310 g/mol. The van der Waals surface area contributed by atoms with Gasteiger partial charge >= 0.3 is 16.4 Å². The average Bonchev–Trinajstić information content (AvgIpc) is 2.77. The zero-order valence-corrected chi connectivity index (χ0v) is 12.6. The molecule has 3 unspecified atom stereocenters. The largest absolute Gasteiger partial charge is 0.464 e. The summed E-state index contributed by atoms with van der Waals surface area (Å²) in [5.41, 5.74) is -1.79. The summed E-state index contributed by atoms with van der Waals surface area (Å²) in [4.78, 5) is 12.0. The van der Waals surface area contributed by atoms with E-state index in [0.717, 1.165) is 0 Å². The Labute approximate surface area is 117 Å². The van der Waals surface area contributed by atoms with Crippen molar-refractivity contribution in [3.05, 3.63) is 0 Å². The maximum absolute atomic E-state index is 12.0. The van der Waals surface area contributed by atoms with Crippen LogP contribution in [-0.2, 0) is 37.8 Å². The van der Waals surface area contributed by atoms with E-state index < -0.39 is 40.0 Å². The predicted molar refractivity (Wildman–Crippen MR) is 64.8 cm³/mol. The molecule has 2 rings (SSSR count). The van der Waals surface area contributed by atoms with Gasteiger partial charge in [0, 0.05) is 0 Å². The Balaban J connectivity index is 2.27. The Morgan fingerprint density at radius 3 is 2.50 bits per heavy atom. The van der Waals surface area contributed by atoms with Crippen molar-refractivity contribution in [2.24, 2.45) is 0 Å². The molecule has 2 fully saturated rings. The highest BCUT2D eigenvalue weighted by Gasteiger charge is 2.61. The molecule has 0 radical (unpaired) electrons. The quantitative estimate of drug-likeness (QED) is 0.678. The number of hydrogen-bond acceptors (Lipinski definition) is 8. The van der Waals surface area contributed by atoms with Crippen LogP contribution in [0.1, 0.15) is 27.7 Å². The Kier molecular flexibility index (Phi) is 3.85. The molecule has 3 atom stereocenters. The van der Waals surface area contributed by atoms with Crippen LogP contribution in [0.2, 0.25) is 0 Å². The zero-order valence-electron chi connectivity index (χ0n) is 11.7. The molecular formula is C11H18O8S. The highest BCUT2D eigenvalue weighted by Crippen LogP contribution is 2.38. The minimum atomic E-state index is -4.28. The second-order valence-electron chi connectivity index (χ2n) is 5.20. The minimum absolute atomic E-state index is 0.0888. The molecule has 0 N–H and O–H groups in total. The maximum Gasteiger partial charge on any atom is 0.401 e. The van der Waals surface area contributed by atoms with Crippen LogP contribution in [0.3, 0.4) is 0 Å². The van der Waals surface area contributed by atoms with Crippen LogP contribution < -0.4 is 0 Å². The molecule has 2 heterocycles. The molecule has 0 saturated carbocycles. The van der Waals surface area contributed by atoms with Crippen molar-refractivity contribution >= 4 is 16.4 Å². The van der Waals surface area contributed by atoms with Gasteiger partial charge in [0.05, 0.1) is 13.2 Å². The van der Waals surface area contributed by atoms with Gasteiger partial charge in [-0.05, 0) is 27.7 Å². The predicted octanol–water partition coefficient (Wildman–Crippen LogP) is 0.120. The van der Waals surface area contributed by atoms with Gasteiger partial charge in [-0.15, -0.1) is 0 Å². The van der Waals surface area contributed by atoms with Crippen LogP contribution in [0, 0.1) is 0 Å². The summed E-state index contributed by atoms with van der Waals surface area (Å²) >= 11 is 0. The lowest BCUT2D eigenvalue weighted by atomic mass is 9.95. The minimum Gasteiger partial charge on any atom is -0.464 e. The molecule has 2 aliphatic rings. The summed E-state index contributed by atoms with van der Waals surface area (Å²) in [7, 11) is -4.28. The molecule has 2 aliphatic heterocycles. The third-order valence-electron chi connectivity index (χ3n) is 3.09. The monoisotopic (exact) mass is 310 g/mol. The summed E-state index contributed by atoms with van der Waals surface area (Å²) in [5.74, 6) is -1.70. The smallest absolute Gasteiger partial charge is 0.401 e. The van der Waals surface area contributed by atoms with Crippen LogP contribution in [0.4, 0.5) is 0 Å². The molecule has 0 aromatic rings. The highest BCUT2D eigenvalue weighted by molar-refractivity contribution is 7.82. The molecule has 116 valence electrons. The molecule has 2 saturated heterocycles. The third kappa shape index (κ3) is 2.82. The van der Waals surface area contributed by atoms with E-state index in [0.29, 0.717) is 0 Å². The van der Waals surface area contributed by atoms with Gasteiger partial charge in [-0.25, -0.2) is 13.2 Å². The zero-order chi connectivity index (χ0) is 15.2. The molecular weight excluding hydrogens is 292 g/mol. The van der Waals surface area contributed by atoms with Gasteiger partial charge < -0.3 is 14.2 Å². The van der Waals surface area contributed by atoms with Crippen LogP contribution in [-0.4, -0.2) is 51.2 Å². The standard InChI is InChI=1S/C11H18O8S/c1-5-15-9(12)11(4)8(18-20(13,14)19-11)7-6-16-10(2,3)17-7/h7-8H,5-6H2,1-4H3. The number of carbonyl (C=O) groups excluding carboxylic acids is 1. The van der Waals surface area contributed by atoms with E-state index in [1.165, 1.54) is 6.92 Å². The lowest BCUT2D eigenvalue weighted by molar-refractivity contribution is -0.175. The molecule has 0 aromatic carbocycles. The molecule has 0 aromatic heterocycles. The van der Waals surface area contributed by atoms with Crippen molar-refractivity contribution in [3.63, 3.8) is 0 Å². The number of hydrogen-bond donors (Lipinski definition) is 0. The van der Waals surface area contributed by atoms with Crippen molar-refractivity contribution in [2.75, 3.05) is 13.2 Å². The first-order valence-electron chi connectivity index (χ1n) is 6.22. The van der Waals surface area contributed by atoms with E-state index in [2.05, 4.69) is 0 Å². The fourth-order valence-electron chi connectivity index (χ4n) is 2.20. The first kappa shape index (κ1) is 15.6. The highest BCUT2D eigenvalue weighted by atomic mass is 32.3. The fraction of sp³-hybridized carbons (Fsp3) is 0.909. The van der Waals surface area contributed by atoms with Gasteiger partial charge in [0.25, 0.3) is 0 Å². The van der Waals surface area contributed by atoms with Gasteiger partial charge in [0.15, 0.2) is 5.79 Å². The molecule has 0 amide bonds. The lowest BCUT2D eigenvalue weighted by Crippen LogP contribution is -2.52. The number of rotatable bonds is 3. The van der Waals surface area contributed by atoms with Crippen LogP contribution in [0.5, 0.6) is 0 Å². The Bertz CT molecular complexity index is 499. The molecule has 0 bridgehead atoms. The van der Waals surface area contributed by atoms with Gasteiger partial charge in [-0.3, -0.25) is 0 Å². The maximum atomic E-state index is 12.0. The van der Waals surface area contributed by atoms with Crippen LogP contribution >= 0.6 is 0 Å². The van der Waals surface area contributed by atoms with Crippen molar-refractivity contribution in [1.29, 1.82) is 0 Å². The van der Waals surface area contributed by atoms with Gasteiger partial charge in [0.2, 0.25) is 5.60 Å². The first-order valence-corrected chi connectivity index (χ1v) is 7.56. The van der Waals surface area contributed by atoms with E-state index in [-0.39, 0.29) is 13.2 Å². The molecule has 9 heteroatoms. The third-order valence-corrected chi connectivity index (χ3v) is 4.08. The Morgan fingerprint density at radius 1 is 1.35 bits per heavy atom. The second-order valence-corrected chi connectivity index (χ2v) is 6.38. The molecule has 20 heavy (non-hydrogen) atoms. The van der Waals surface area contributed by atoms with E-state index >= 15 is 0 Å². The van der Waals surface area contributed by atoms with Gasteiger partial charge in [-0.2, -0.15) is 8.42 Å². The van der Waals surface area contributed by atoms with E-state index in [1.807, 2.05) is 0 Å². The summed E-state index contributed by atoms with van der Waals surface area (Å²) in [6.45, 7) is 6.45. The topological polar surface area (TPSA) is 97.4 Å². The van der Waals surface area contributed by atoms with Gasteiger partial charge in [0.1, 0.15) is 12.2 Å². The SMILES string of the molecule is CCOC(=O)C1(C)OS(=O)(=O)OC1C1COC(C)(C)O1. The lowest BCUT2D eigenvalue weighted by Gasteiger charge is -2.27. The van der Waals surface area contributed by atoms with E-state index in [4.69, 9.17) is 22.6 Å². The van der Waals surface area contributed by atoms with E-state index in [9.17, 15) is 13.2 Å². The number of esters is 1. The second kappa shape index (κ2) is 4.92. The Hall–Kier alpha value is -0.740. The molecule has 0 spiro atoms. The normalized spacial score (nSPS) is 38.8. The van der Waals surface area contributed by atoms with Crippen LogP contribution in [0.25, 0.3) is 0 Å². The van der Waals surface area contributed by atoms with Crippen molar-refractivity contribution in [2.45, 2.75) is 51.3 Å². The summed E-state index contributed by atoms with van der Waals surface area (Å²) in [6, 6.07) is 0. The summed E-state index contributed by atoms with van der Waals surface area (Å²) in [6.07, 6.45) is -1.91. The molecule has 8 nitrogen and oxygen atoms in total. The number of ether oxygens (including phenoxy) is 3.